The Balaban J connectivity index is 0.598. The molecular weight excluding hydrogens is 1210 g/mol. The zero-order valence-corrected chi connectivity index (χ0v) is 52.2. The van der Waals surface area contributed by atoms with Crippen LogP contribution in [0.25, 0.3) is 0 Å². The average Bonchev–Trinajstić information content (AvgIpc) is 2.40. The van der Waals surface area contributed by atoms with E-state index in [4.69, 9.17) is 32.7 Å². The molecule has 4 aliphatic heterocycles. The van der Waals surface area contributed by atoms with Gasteiger partial charge in [0.1, 0.15) is 35.8 Å². The Labute approximate surface area is 523 Å². The molecule has 0 bridgehead atoms. The number of likely N-dealkylation sites (tertiary alicyclic amines) is 2. The van der Waals surface area contributed by atoms with Crippen LogP contribution in [-0.4, -0.2) is 188 Å². The summed E-state index contributed by atoms with van der Waals surface area (Å²) in [5, 5.41) is 38.1. The first kappa shape index (κ1) is 64.2. The van der Waals surface area contributed by atoms with E-state index in [2.05, 4.69) is 63.3 Å². The summed E-state index contributed by atoms with van der Waals surface area (Å²) in [6.45, 7) is 11.0. The Morgan fingerprint density at radius 1 is 0.591 bits per heavy atom. The van der Waals surface area contributed by atoms with Crippen LogP contribution in [0.5, 0.6) is 11.5 Å². The van der Waals surface area contributed by atoms with Crippen LogP contribution >= 0.6 is 23.2 Å². The summed E-state index contributed by atoms with van der Waals surface area (Å²) in [6, 6.07) is 19.8. The molecule has 28 heteroatoms. The maximum Gasteiger partial charge on any atom is 0.315 e. The number of urea groups is 2. The highest BCUT2D eigenvalue weighted by molar-refractivity contribution is 7.89. The van der Waals surface area contributed by atoms with Gasteiger partial charge in [-0.05, 0) is 147 Å². The molecule has 0 saturated carbocycles. The Morgan fingerprint density at radius 3 is 1.33 bits per heavy atom. The molecule has 6 aliphatic rings. The minimum absolute atomic E-state index is 0.0296. The first-order valence-electron chi connectivity index (χ1n) is 29.9. The SMILES string of the molecule is C[C@H](NC(=O)NCCCCNC(=O)N[C@@H](C)C(=O)N1CC[C@H](NS(=O)(=O)c2ccc(O[C@H]3c4cc(Cl)cc(C#N)c4C[C@@H]3N3CCNCC3)cc2)C1)C(=O)N1CC[C@H](NS(=O)(=O)c2ccc(O[C@H]3c4cc(Cl)cc(C#N)c4C[C@@H]3N3CCNCC3)cc2)C1. The number of piperazine rings is 2. The van der Waals surface area contributed by atoms with E-state index in [-0.39, 0.29) is 73.0 Å². The molecule has 8 atom stereocenters. The van der Waals surface area contributed by atoms with Gasteiger partial charge in [0, 0.05) is 114 Å². The average molecular weight is 1290 g/mol. The third kappa shape index (κ3) is 15.2. The van der Waals surface area contributed by atoms with E-state index in [1.165, 1.54) is 34.1 Å². The molecule has 6 amide bonds. The van der Waals surface area contributed by atoms with E-state index in [1.54, 1.807) is 50.2 Å². The molecule has 0 aromatic heterocycles. The number of benzene rings is 4. The number of carbonyl (C=O) groups is 4. The van der Waals surface area contributed by atoms with Crippen molar-refractivity contribution in [3.8, 4) is 23.6 Å². The van der Waals surface area contributed by atoms with Crippen molar-refractivity contribution >= 4 is 67.1 Å². The standard InChI is InChI=1S/C60H74Cl2N14O10S2/c1-37(57(77)75-21-13-43(35-75)71-87(81,82)47-9-5-45(6-10-47)85-55-51-29-41(61)27-39(33-63)49(51)31-53(55)73-23-17-65-18-24-73)69-59(79)67-15-3-4-16-68-60(80)70-38(2)58(78)76-22-14-44(36-76)72-88(83,84)48-11-7-46(8-12-48)86-56-52-30-42(62)28-40(34-64)50(52)32-54(56)74-25-19-66-20-26-74/h5-12,27-30,37-38,43-44,53-56,65-66,71-72H,3-4,13-26,31-32,35-36H2,1-2H3,(H2,67,69,79)(H2,68,70,80)/t37-,38-,43-,44-,53-,54-,55-,56-/m0/s1. The number of hydrogen-bond donors (Lipinski definition) is 8. The van der Waals surface area contributed by atoms with Crippen molar-refractivity contribution in [1.82, 2.24) is 60.9 Å². The zero-order chi connectivity index (χ0) is 62.3. The first-order valence-corrected chi connectivity index (χ1v) is 33.6. The fourth-order valence-corrected chi connectivity index (χ4v) is 15.7. The quantitative estimate of drug-likeness (QED) is 0.0556. The normalized spacial score (nSPS) is 22.8. The first-order chi connectivity index (χ1) is 42.3. The highest BCUT2D eigenvalue weighted by Gasteiger charge is 2.43. The lowest BCUT2D eigenvalue weighted by Gasteiger charge is -2.36. The Kier molecular flexibility index (Phi) is 20.7. The number of nitriles is 2. The van der Waals surface area contributed by atoms with Gasteiger partial charge in [0.2, 0.25) is 31.9 Å². The summed E-state index contributed by atoms with van der Waals surface area (Å²) >= 11 is 12.9. The monoisotopic (exact) mass is 1280 g/mol. The highest BCUT2D eigenvalue weighted by atomic mass is 35.5. The van der Waals surface area contributed by atoms with Gasteiger partial charge in [0.25, 0.3) is 0 Å². The molecule has 4 aromatic carbocycles. The van der Waals surface area contributed by atoms with Crippen LogP contribution < -0.4 is 50.8 Å². The van der Waals surface area contributed by atoms with Gasteiger partial charge in [-0.25, -0.2) is 35.9 Å². The second kappa shape index (κ2) is 28.3. The third-order valence-electron chi connectivity index (χ3n) is 17.2. The van der Waals surface area contributed by atoms with Crippen LogP contribution in [0.2, 0.25) is 10.0 Å². The molecule has 4 fully saturated rings. The van der Waals surface area contributed by atoms with Crippen molar-refractivity contribution in [2.45, 2.75) is 111 Å². The summed E-state index contributed by atoms with van der Waals surface area (Å²) < 4.78 is 72.8. The minimum atomic E-state index is -3.99. The second-order valence-electron chi connectivity index (χ2n) is 23.1. The number of halogens is 2. The van der Waals surface area contributed by atoms with E-state index in [0.717, 1.165) is 74.6 Å². The van der Waals surface area contributed by atoms with Gasteiger partial charge in [0.05, 0.1) is 45.1 Å². The van der Waals surface area contributed by atoms with E-state index < -0.39 is 68.5 Å². The molecule has 24 nitrogen and oxygen atoms in total. The molecule has 0 spiro atoms. The fraction of sp³-hybridized carbons (Fsp3) is 0.500. The van der Waals surface area contributed by atoms with Crippen LogP contribution in [0.15, 0.2) is 82.6 Å². The summed E-state index contributed by atoms with van der Waals surface area (Å²) in [4.78, 5) is 60.0. The molecule has 4 aromatic rings. The van der Waals surface area contributed by atoms with Crippen molar-refractivity contribution in [2.75, 3.05) is 91.6 Å². The molecule has 4 heterocycles. The molecule has 0 unspecified atom stereocenters. The van der Waals surface area contributed by atoms with Crippen molar-refractivity contribution in [2.24, 2.45) is 0 Å². The molecular formula is C60H74Cl2N14O10S2. The molecule has 8 N–H and O–H groups in total. The maximum atomic E-state index is 13.6. The third-order valence-corrected chi connectivity index (χ3v) is 20.7. The van der Waals surface area contributed by atoms with Crippen molar-refractivity contribution < 1.29 is 45.5 Å². The summed E-state index contributed by atoms with van der Waals surface area (Å²) in [6.07, 6.45) is 2.10. The van der Waals surface area contributed by atoms with Crippen molar-refractivity contribution in [1.29, 1.82) is 10.5 Å². The summed E-state index contributed by atoms with van der Waals surface area (Å²) in [5.74, 6) is 0.189. The van der Waals surface area contributed by atoms with Crippen molar-refractivity contribution in [3.05, 3.63) is 116 Å². The number of nitrogens with one attached hydrogen (secondary N) is 8. The summed E-state index contributed by atoms with van der Waals surface area (Å²) in [5.41, 5.74) is 4.54. The van der Waals surface area contributed by atoms with E-state index in [0.29, 0.717) is 71.2 Å². The van der Waals surface area contributed by atoms with Crippen LogP contribution in [0, 0.1) is 22.7 Å². The van der Waals surface area contributed by atoms with E-state index in [1.807, 2.05) is 12.1 Å². The lowest BCUT2D eigenvalue weighted by atomic mass is 10.0. The molecule has 2 aliphatic carbocycles. The maximum absolute atomic E-state index is 13.6. The van der Waals surface area contributed by atoms with E-state index in [9.17, 15) is 46.5 Å². The van der Waals surface area contributed by atoms with E-state index >= 15 is 0 Å². The highest BCUT2D eigenvalue weighted by Crippen LogP contribution is 2.43. The number of amides is 6. The topological polar surface area (TPSA) is 312 Å². The lowest BCUT2D eigenvalue weighted by Crippen LogP contribution is -2.50. The Bertz CT molecular complexity index is 3310. The molecule has 0 radical (unpaired) electrons. The fourth-order valence-electron chi connectivity index (χ4n) is 12.7. The Hall–Kier alpha value is -6.82. The number of nitrogens with zero attached hydrogens (tertiary/aromatic N) is 6. The molecule has 10 rings (SSSR count). The van der Waals surface area contributed by atoms with Gasteiger partial charge in [0.15, 0.2) is 0 Å². The Morgan fingerprint density at radius 2 is 0.966 bits per heavy atom. The van der Waals surface area contributed by atoms with Gasteiger partial charge in [-0.3, -0.25) is 19.4 Å². The number of hydrogen-bond acceptors (Lipinski definition) is 16. The number of sulfonamides is 2. The van der Waals surface area contributed by atoms with Gasteiger partial charge in [-0.1, -0.05) is 23.2 Å². The zero-order valence-electron chi connectivity index (χ0n) is 49.0. The van der Waals surface area contributed by atoms with Crippen LogP contribution in [0.1, 0.15) is 85.1 Å². The van der Waals surface area contributed by atoms with Crippen LogP contribution in [0.4, 0.5) is 9.59 Å². The molecule has 88 heavy (non-hydrogen) atoms. The molecule has 4 saturated heterocycles. The summed E-state index contributed by atoms with van der Waals surface area (Å²) in [7, 11) is -7.98. The number of rotatable bonds is 21. The number of unbranched alkanes of at least 4 members (excludes halogenated alkanes) is 1. The number of ether oxygens (including phenoxy) is 2. The van der Waals surface area contributed by atoms with Gasteiger partial charge in [-0.2, -0.15) is 10.5 Å². The largest absolute Gasteiger partial charge is 0.484 e. The van der Waals surface area contributed by atoms with Crippen molar-refractivity contribution in [3.63, 3.8) is 0 Å². The van der Waals surface area contributed by atoms with Crippen LogP contribution in [-0.2, 0) is 42.5 Å². The van der Waals surface area contributed by atoms with Gasteiger partial charge < -0.3 is 51.2 Å². The minimum Gasteiger partial charge on any atom is -0.484 e. The van der Waals surface area contributed by atoms with Crippen LogP contribution in [0.3, 0.4) is 0 Å². The second-order valence-corrected chi connectivity index (χ2v) is 27.4. The predicted octanol–water partition coefficient (Wildman–Crippen LogP) is 3.25. The number of fused-ring (bicyclic) bond motifs is 2. The molecule has 470 valence electrons. The van der Waals surface area contributed by atoms with Gasteiger partial charge >= 0.3 is 12.1 Å². The lowest BCUT2D eigenvalue weighted by molar-refractivity contribution is -0.132. The van der Waals surface area contributed by atoms with Gasteiger partial charge in [-0.15, -0.1) is 0 Å². The predicted molar refractivity (Wildman–Crippen MR) is 328 cm³/mol. The smallest absolute Gasteiger partial charge is 0.315 e. The number of carbonyl (C=O) groups excluding carboxylic acids is 4.